The second-order valence-corrected chi connectivity index (χ2v) is 7.47. The van der Waals surface area contributed by atoms with Gasteiger partial charge >= 0.3 is 5.97 Å². The average molecular weight is 415 g/mol. The number of carbonyl (C=O) groups is 1. The molecule has 4 nitrogen and oxygen atoms in total. The van der Waals surface area contributed by atoms with E-state index in [0.29, 0.717) is 12.4 Å². The molecule has 0 fully saturated rings. The Morgan fingerprint density at radius 2 is 1.74 bits per heavy atom. The number of hydrogen-bond donors (Lipinski definition) is 1. The van der Waals surface area contributed by atoms with E-state index in [1.165, 1.54) is 12.1 Å². The highest BCUT2D eigenvalue weighted by Gasteiger charge is 2.16. The van der Waals surface area contributed by atoms with Crippen LogP contribution in [0.3, 0.4) is 0 Å². The molecule has 0 spiro atoms. The molecule has 0 amide bonds. The van der Waals surface area contributed by atoms with Crippen LogP contribution in [0.4, 0.5) is 4.39 Å². The summed E-state index contributed by atoms with van der Waals surface area (Å²) in [5, 5.41) is 9.39. The molecule has 31 heavy (non-hydrogen) atoms. The van der Waals surface area contributed by atoms with E-state index in [0.717, 1.165) is 33.8 Å². The molecule has 0 saturated heterocycles. The highest BCUT2D eigenvalue weighted by atomic mass is 19.1. The summed E-state index contributed by atoms with van der Waals surface area (Å²) >= 11 is 0. The molecule has 0 aliphatic heterocycles. The average Bonchev–Trinajstić information content (AvgIpc) is 3.15. The van der Waals surface area contributed by atoms with E-state index in [1.54, 1.807) is 30.3 Å². The smallest absolute Gasteiger partial charge is 0.335 e. The van der Waals surface area contributed by atoms with Crippen LogP contribution in [0.2, 0.25) is 0 Å². The molecule has 4 rings (SSSR count). The topological polar surface area (TPSA) is 51.5 Å². The van der Waals surface area contributed by atoms with E-state index in [4.69, 9.17) is 4.74 Å². The third kappa shape index (κ3) is 4.36. The first kappa shape index (κ1) is 20.4. The van der Waals surface area contributed by atoms with Crippen LogP contribution >= 0.6 is 0 Å². The van der Waals surface area contributed by atoms with E-state index in [9.17, 15) is 14.3 Å². The second kappa shape index (κ2) is 8.48. The van der Waals surface area contributed by atoms with E-state index in [-0.39, 0.29) is 11.4 Å². The van der Waals surface area contributed by atoms with Crippen molar-refractivity contribution in [2.24, 2.45) is 0 Å². The number of carboxylic acids is 1. The summed E-state index contributed by atoms with van der Waals surface area (Å²) < 4.78 is 21.3. The quantitative estimate of drug-likeness (QED) is 0.409. The lowest BCUT2D eigenvalue weighted by atomic mass is 10.1. The predicted molar refractivity (Wildman–Crippen MR) is 118 cm³/mol. The van der Waals surface area contributed by atoms with Gasteiger partial charge in [-0.15, -0.1) is 0 Å². The molecule has 0 unspecified atom stereocenters. The monoisotopic (exact) mass is 415 g/mol. The van der Waals surface area contributed by atoms with Crippen LogP contribution in [0.1, 0.15) is 27.2 Å². The summed E-state index contributed by atoms with van der Waals surface area (Å²) in [6, 6.07) is 23.1. The Bertz CT molecular complexity index is 1240. The SMILES string of the molecule is Cc1ccc(OCc2ccc(F)cc2)c(-c2ccc(C)n2-c2cccc(C(=O)O)c2)c1. The van der Waals surface area contributed by atoms with Crippen LogP contribution in [-0.4, -0.2) is 15.6 Å². The molecular formula is C26H22FNO3. The summed E-state index contributed by atoms with van der Waals surface area (Å²) in [6.07, 6.45) is 0. The molecular weight excluding hydrogens is 393 g/mol. The largest absolute Gasteiger partial charge is 0.488 e. The maximum absolute atomic E-state index is 13.2. The van der Waals surface area contributed by atoms with Gasteiger partial charge in [0.05, 0.1) is 11.3 Å². The number of benzene rings is 3. The maximum Gasteiger partial charge on any atom is 0.335 e. The molecule has 0 bridgehead atoms. The molecule has 156 valence electrons. The van der Waals surface area contributed by atoms with Gasteiger partial charge in [0.2, 0.25) is 0 Å². The van der Waals surface area contributed by atoms with Crippen LogP contribution in [0.5, 0.6) is 5.75 Å². The predicted octanol–water partition coefficient (Wildman–Crippen LogP) is 6.18. The molecule has 0 radical (unpaired) electrons. The first-order chi connectivity index (χ1) is 14.9. The standard InChI is InChI=1S/C26H22FNO3/c1-17-6-13-25(31-16-19-8-10-21(27)11-9-19)23(14-17)24-12-7-18(2)28(24)22-5-3-4-20(15-22)26(29)30/h3-15H,16H2,1-2H3,(H,29,30). The first-order valence-electron chi connectivity index (χ1n) is 9.93. The summed E-state index contributed by atoms with van der Waals surface area (Å²) in [4.78, 5) is 11.4. The lowest BCUT2D eigenvalue weighted by Gasteiger charge is -2.17. The molecule has 5 heteroatoms. The normalized spacial score (nSPS) is 10.8. The van der Waals surface area contributed by atoms with Crippen molar-refractivity contribution in [3.63, 3.8) is 0 Å². The number of halogens is 1. The van der Waals surface area contributed by atoms with Crippen molar-refractivity contribution < 1.29 is 19.0 Å². The highest BCUT2D eigenvalue weighted by Crippen LogP contribution is 2.35. The summed E-state index contributed by atoms with van der Waals surface area (Å²) in [6.45, 7) is 4.30. The zero-order chi connectivity index (χ0) is 22.0. The minimum atomic E-state index is -0.966. The lowest BCUT2D eigenvalue weighted by Crippen LogP contribution is -2.04. The third-order valence-electron chi connectivity index (χ3n) is 5.15. The number of carboxylic acid groups (broad SMARTS) is 1. The summed E-state index contributed by atoms with van der Waals surface area (Å²) in [5.74, 6) is -0.549. The van der Waals surface area contributed by atoms with Gasteiger partial charge in [-0.1, -0.05) is 29.8 Å². The van der Waals surface area contributed by atoms with Gasteiger partial charge in [-0.3, -0.25) is 0 Å². The van der Waals surface area contributed by atoms with Crippen molar-refractivity contribution in [1.29, 1.82) is 0 Å². The van der Waals surface area contributed by atoms with Gasteiger partial charge in [0.25, 0.3) is 0 Å². The Balaban J connectivity index is 1.75. The van der Waals surface area contributed by atoms with E-state index < -0.39 is 5.97 Å². The minimum Gasteiger partial charge on any atom is -0.488 e. The molecule has 0 aliphatic rings. The molecule has 3 aromatic carbocycles. The van der Waals surface area contributed by atoms with Gasteiger partial charge in [-0.05, 0) is 74.0 Å². The van der Waals surface area contributed by atoms with Gasteiger partial charge in [0, 0.05) is 16.9 Å². The van der Waals surface area contributed by atoms with Crippen molar-refractivity contribution in [3.05, 3.63) is 107 Å². The summed E-state index contributed by atoms with van der Waals surface area (Å²) in [5.41, 5.74) is 5.72. The van der Waals surface area contributed by atoms with Crippen LogP contribution in [0.25, 0.3) is 16.9 Å². The number of rotatable bonds is 6. The van der Waals surface area contributed by atoms with Gasteiger partial charge in [-0.2, -0.15) is 0 Å². The fourth-order valence-electron chi connectivity index (χ4n) is 3.58. The molecule has 1 heterocycles. The first-order valence-corrected chi connectivity index (χ1v) is 9.93. The van der Waals surface area contributed by atoms with Gasteiger partial charge < -0.3 is 14.4 Å². The van der Waals surface area contributed by atoms with Crippen molar-refractivity contribution in [1.82, 2.24) is 4.57 Å². The van der Waals surface area contributed by atoms with E-state index >= 15 is 0 Å². The molecule has 1 N–H and O–H groups in total. The third-order valence-corrected chi connectivity index (χ3v) is 5.15. The fourth-order valence-corrected chi connectivity index (χ4v) is 3.58. The van der Waals surface area contributed by atoms with Gasteiger partial charge in [-0.25, -0.2) is 9.18 Å². The minimum absolute atomic E-state index is 0.230. The fraction of sp³-hybridized carbons (Fsp3) is 0.115. The van der Waals surface area contributed by atoms with Crippen LogP contribution in [-0.2, 0) is 6.61 Å². The van der Waals surface area contributed by atoms with Crippen molar-refractivity contribution in [2.75, 3.05) is 0 Å². The van der Waals surface area contributed by atoms with Crippen molar-refractivity contribution in [3.8, 4) is 22.7 Å². The second-order valence-electron chi connectivity index (χ2n) is 7.47. The van der Waals surface area contributed by atoms with E-state index in [1.807, 2.05) is 54.8 Å². The number of aromatic carboxylic acids is 1. The summed E-state index contributed by atoms with van der Waals surface area (Å²) in [7, 11) is 0. The number of aromatic nitrogens is 1. The number of nitrogens with zero attached hydrogens (tertiary/aromatic N) is 1. The van der Waals surface area contributed by atoms with Crippen LogP contribution in [0, 0.1) is 19.7 Å². The number of ether oxygens (including phenoxy) is 1. The Kier molecular flexibility index (Phi) is 5.58. The van der Waals surface area contributed by atoms with Crippen molar-refractivity contribution in [2.45, 2.75) is 20.5 Å². The zero-order valence-electron chi connectivity index (χ0n) is 17.3. The highest BCUT2D eigenvalue weighted by molar-refractivity contribution is 5.88. The van der Waals surface area contributed by atoms with Gasteiger partial charge in [0.1, 0.15) is 18.2 Å². The van der Waals surface area contributed by atoms with Crippen LogP contribution in [0.15, 0.2) is 78.9 Å². The maximum atomic E-state index is 13.2. The van der Waals surface area contributed by atoms with E-state index in [2.05, 4.69) is 0 Å². The molecule has 0 saturated carbocycles. The Hall–Kier alpha value is -3.86. The number of hydrogen-bond acceptors (Lipinski definition) is 2. The molecule has 0 aliphatic carbocycles. The Labute approximate surface area is 180 Å². The molecule has 0 atom stereocenters. The Morgan fingerprint density at radius 3 is 2.48 bits per heavy atom. The zero-order valence-corrected chi connectivity index (χ0v) is 17.3. The van der Waals surface area contributed by atoms with Gasteiger partial charge in [0.15, 0.2) is 0 Å². The number of aryl methyl sites for hydroxylation is 2. The molecule has 4 aromatic rings. The van der Waals surface area contributed by atoms with Crippen LogP contribution < -0.4 is 4.74 Å². The lowest BCUT2D eigenvalue weighted by molar-refractivity contribution is 0.0697. The van der Waals surface area contributed by atoms with Crippen molar-refractivity contribution >= 4 is 5.97 Å². The molecule has 1 aromatic heterocycles. The Morgan fingerprint density at radius 1 is 0.968 bits per heavy atom.